The average Bonchev–Trinajstić information content (AvgIpc) is 2.56. The topological polar surface area (TPSA) is 55.4 Å². The van der Waals surface area contributed by atoms with Crippen molar-refractivity contribution in [2.24, 2.45) is 0 Å². The van der Waals surface area contributed by atoms with Gasteiger partial charge in [0.05, 0.1) is 6.42 Å². The number of hydrogen-bond donors (Lipinski definition) is 1. The fourth-order valence-corrected chi connectivity index (χ4v) is 1.75. The average molecular weight is 314 g/mol. The first-order chi connectivity index (χ1) is 8.31. The highest BCUT2D eigenvalue weighted by atomic mass is 79.9. The summed E-state index contributed by atoms with van der Waals surface area (Å²) in [7, 11) is 0. The van der Waals surface area contributed by atoms with Crippen LogP contribution in [0.3, 0.4) is 0 Å². The summed E-state index contributed by atoms with van der Waals surface area (Å²) in [6, 6.07) is 5.79. The van der Waals surface area contributed by atoms with Gasteiger partial charge >= 0.3 is 0 Å². The summed E-state index contributed by atoms with van der Waals surface area (Å²) in [6.45, 7) is 5.92. The fourth-order valence-electron chi connectivity index (χ4n) is 1.34. The lowest BCUT2D eigenvalue weighted by atomic mass is 10.2. The maximum Gasteiger partial charge on any atom is 0.293 e. The van der Waals surface area contributed by atoms with Crippen LogP contribution in [0, 0.1) is 0 Å². The Morgan fingerprint density at radius 3 is 2.56 bits per heavy atom. The number of halogens is 1. The molecule has 0 aromatic heterocycles. The van der Waals surface area contributed by atoms with Gasteiger partial charge in [0.15, 0.2) is 0 Å². The number of hydrogen-bond acceptors (Lipinski definition) is 3. The van der Waals surface area contributed by atoms with Crippen LogP contribution >= 0.6 is 15.9 Å². The lowest BCUT2D eigenvalue weighted by Gasteiger charge is -2.14. The van der Waals surface area contributed by atoms with Gasteiger partial charge in [0, 0.05) is 10.2 Å². The van der Waals surface area contributed by atoms with Crippen molar-refractivity contribution in [3.8, 4) is 0 Å². The monoisotopic (exact) mass is 313 g/mol. The zero-order chi connectivity index (χ0) is 13.8. The van der Waals surface area contributed by atoms with E-state index in [1.165, 1.54) is 0 Å². The molecule has 0 saturated heterocycles. The Kier molecular flexibility index (Phi) is 4.90. The number of nitrogens with one attached hydrogen (secondary N) is 1. The van der Waals surface area contributed by atoms with Gasteiger partial charge in [-0.25, -0.2) is 0 Å². The summed E-state index contributed by atoms with van der Waals surface area (Å²) in [5, 5.41) is 2.76. The molecule has 1 aliphatic heterocycles. The van der Waals surface area contributed by atoms with E-state index in [1.54, 1.807) is 0 Å². The van der Waals surface area contributed by atoms with Gasteiger partial charge in [-0.15, -0.1) is 0 Å². The van der Waals surface area contributed by atoms with Gasteiger partial charge in [0.1, 0.15) is 5.60 Å². The van der Waals surface area contributed by atoms with Gasteiger partial charge in [0.25, 0.3) is 6.47 Å². The van der Waals surface area contributed by atoms with Crippen molar-refractivity contribution in [1.82, 2.24) is 0 Å². The Morgan fingerprint density at radius 2 is 2.06 bits per heavy atom. The van der Waals surface area contributed by atoms with Crippen LogP contribution in [0.15, 0.2) is 22.7 Å². The highest BCUT2D eigenvalue weighted by molar-refractivity contribution is 9.10. The Hall–Kier alpha value is -1.36. The quantitative estimate of drug-likeness (QED) is 0.811. The number of ether oxygens (including phenoxy) is 1. The number of amides is 1. The molecule has 18 heavy (non-hydrogen) atoms. The molecule has 1 N–H and O–H groups in total. The zero-order valence-corrected chi connectivity index (χ0v) is 12.2. The third kappa shape index (κ3) is 4.87. The van der Waals surface area contributed by atoms with Crippen molar-refractivity contribution in [2.45, 2.75) is 32.8 Å². The standard InChI is InChI=1S/C8H6BrNO.C5H10O2/c9-6-1-2-7-5(3-6)4-8(11)10-7;1-5(2,3)7-4-6/h1-3H,4H2,(H,10,11);4H,1-3H3. The lowest BCUT2D eigenvalue weighted by molar-refractivity contribution is -0.138. The number of anilines is 1. The molecular formula is C13H16BrNO3. The van der Waals surface area contributed by atoms with Crippen LogP contribution in [0.1, 0.15) is 26.3 Å². The minimum absolute atomic E-state index is 0.0816. The van der Waals surface area contributed by atoms with Crippen LogP contribution in [0.2, 0.25) is 0 Å². The van der Waals surface area contributed by atoms with Crippen molar-refractivity contribution in [3.05, 3.63) is 28.2 Å². The zero-order valence-electron chi connectivity index (χ0n) is 10.6. The van der Waals surface area contributed by atoms with E-state index in [4.69, 9.17) is 0 Å². The van der Waals surface area contributed by atoms with Gasteiger partial charge in [0.2, 0.25) is 5.91 Å². The van der Waals surface area contributed by atoms with E-state index in [9.17, 15) is 9.59 Å². The molecular weight excluding hydrogens is 298 g/mol. The van der Waals surface area contributed by atoms with Gasteiger partial charge in [-0.3, -0.25) is 9.59 Å². The summed E-state index contributed by atoms with van der Waals surface area (Å²) in [5.41, 5.74) is 1.70. The normalized spacial score (nSPS) is 13.0. The molecule has 0 spiro atoms. The van der Waals surface area contributed by atoms with E-state index in [1.807, 2.05) is 39.0 Å². The molecule has 0 fully saturated rings. The van der Waals surface area contributed by atoms with E-state index in [-0.39, 0.29) is 11.5 Å². The van der Waals surface area contributed by atoms with Crippen molar-refractivity contribution in [1.29, 1.82) is 0 Å². The highest BCUT2D eigenvalue weighted by Crippen LogP contribution is 2.25. The number of fused-ring (bicyclic) bond motifs is 1. The Morgan fingerprint density at radius 1 is 1.39 bits per heavy atom. The van der Waals surface area contributed by atoms with E-state index in [0.29, 0.717) is 12.9 Å². The number of rotatable bonds is 1. The first kappa shape index (κ1) is 14.7. The third-order valence-corrected chi connectivity index (χ3v) is 2.59. The molecule has 0 aliphatic carbocycles. The lowest BCUT2D eigenvalue weighted by Crippen LogP contribution is -2.17. The van der Waals surface area contributed by atoms with Crippen LogP contribution in [-0.4, -0.2) is 18.0 Å². The maximum atomic E-state index is 10.9. The van der Waals surface area contributed by atoms with Crippen molar-refractivity contribution >= 4 is 34.0 Å². The molecule has 0 atom stereocenters. The summed E-state index contributed by atoms with van der Waals surface area (Å²) in [6.07, 6.45) is 0.509. The smallest absolute Gasteiger partial charge is 0.293 e. The highest BCUT2D eigenvalue weighted by Gasteiger charge is 2.16. The fraction of sp³-hybridized carbons (Fsp3) is 0.385. The van der Waals surface area contributed by atoms with Crippen LogP contribution in [0.5, 0.6) is 0 Å². The molecule has 4 nitrogen and oxygen atoms in total. The maximum absolute atomic E-state index is 10.9. The summed E-state index contributed by atoms with van der Waals surface area (Å²) >= 11 is 3.35. The predicted octanol–water partition coefficient (Wildman–Crippen LogP) is 2.90. The van der Waals surface area contributed by atoms with Crippen LogP contribution in [0.4, 0.5) is 5.69 Å². The second-order valence-electron chi connectivity index (χ2n) is 4.85. The molecule has 0 saturated carbocycles. The summed E-state index contributed by atoms with van der Waals surface area (Å²) in [4.78, 5) is 20.5. The van der Waals surface area contributed by atoms with Gasteiger partial charge in [-0.05, 0) is 44.5 Å². The molecule has 1 heterocycles. The molecule has 1 aromatic rings. The van der Waals surface area contributed by atoms with Crippen molar-refractivity contribution in [2.75, 3.05) is 5.32 Å². The minimum atomic E-state index is -0.318. The SMILES string of the molecule is CC(C)(C)OC=O.O=C1Cc2cc(Br)ccc2N1. The Bertz CT molecular complexity index is 452. The van der Waals surface area contributed by atoms with Crippen molar-refractivity contribution in [3.63, 3.8) is 0 Å². The molecule has 1 aliphatic rings. The molecule has 1 aromatic carbocycles. The van der Waals surface area contributed by atoms with Crippen LogP contribution < -0.4 is 5.32 Å². The summed E-state index contributed by atoms with van der Waals surface area (Å²) in [5.74, 6) is 0.0816. The Balaban J connectivity index is 0.000000203. The third-order valence-electron chi connectivity index (χ3n) is 2.09. The molecule has 5 heteroatoms. The van der Waals surface area contributed by atoms with Gasteiger partial charge < -0.3 is 10.1 Å². The number of carbonyl (C=O) groups excluding carboxylic acids is 2. The van der Waals surface area contributed by atoms with Crippen LogP contribution in [-0.2, 0) is 20.7 Å². The molecule has 0 bridgehead atoms. The second-order valence-corrected chi connectivity index (χ2v) is 5.77. The molecule has 98 valence electrons. The van der Waals surface area contributed by atoms with E-state index in [2.05, 4.69) is 26.0 Å². The second kappa shape index (κ2) is 6.00. The summed E-state index contributed by atoms with van der Waals surface area (Å²) < 4.78 is 5.57. The first-order valence-corrected chi connectivity index (χ1v) is 6.31. The molecule has 0 unspecified atom stereocenters. The van der Waals surface area contributed by atoms with Crippen LogP contribution in [0.25, 0.3) is 0 Å². The van der Waals surface area contributed by atoms with Crippen molar-refractivity contribution < 1.29 is 14.3 Å². The molecule has 2 rings (SSSR count). The van der Waals surface area contributed by atoms with E-state index < -0.39 is 0 Å². The van der Waals surface area contributed by atoms with Gasteiger partial charge in [-0.1, -0.05) is 15.9 Å². The van der Waals surface area contributed by atoms with E-state index in [0.717, 1.165) is 15.7 Å². The Labute approximate surface area is 115 Å². The first-order valence-electron chi connectivity index (χ1n) is 5.51. The molecule has 0 radical (unpaired) electrons. The number of benzene rings is 1. The van der Waals surface area contributed by atoms with E-state index >= 15 is 0 Å². The minimum Gasteiger partial charge on any atom is -0.462 e. The predicted molar refractivity (Wildman–Crippen MR) is 73.4 cm³/mol. The van der Waals surface area contributed by atoms with Gasteiger partial charge in [-0.2, -0.15) is 0 Å². The number of carbonyl (C=O) groups is 2. The molecule has 1 amide bonds. The largest absolute Gasteiger partial charge is 0.462 e.